The van der Waals surface area contributed by atoms with Crippen molar-refractivity contribution in [3.8, 4) is 0 Å². The highest BCUT2D eigenvalue weighted by Gasteiger charge is 2.34. The summed E-state index contributed by atoms with van der Waals surface area (Å²) in [4.78, 5) is 23.3. The zero-order valence-corrected chi connectivity index (χ0v) is 18.9. The van der Waals surface area contributed by atoms with Gasteiger partial charge in [-0.15, -0.1) is 0 Å². The van der Waals surface area contributed by atoms with Crippen LogP contribution >= 0.6 is 47.0 Å². The van der Waals surface area contributed by atoms with Crippen LogP contribution in [0.5, 0.6) is 0 Å². The third-order valence-corrected chi connectivity index (χ3v) is 4.45. The van der Waals surface area contributed by atoms with E-state index in [1.807, 2.05) is 30.3 Å². The summed E-state index contributed by atoms with van der Waals surface area (Å²) in [6, 6.07) is 16.1. The first-order valence-corrected chi connectivity index (χ1v) is 10.2. The largest absolute Gasteiger partial charge is 0.339 e. The number of halogens is 3. The minimum Gasteiger partial charge on any atom is -0.339 e. The standard InChI is InChI=1S/C20H19Cl3N4O2S/c1-13(28)24-15-8-10-16(11-9-15)25-19(30)27-18(20(21,22)23)26-17(29)12-7-14-5-3-2-4-6-14/h2-12,18H,1H3,(H,24,28)(H,26,29)(H2,25,27,30). The maximum atomic E-state index is 12.2. The summed E-state index contributed by atoms with van der Waals surface area (Å²) in [5, 5.41) is 11.0. The van der Waals surface area contributed by atoms with Crippen LogP contribution in [0.25, 0.3) is 6.08 Å². The molecular formula is C20H19Cl3N4O2S. The first-order chi connectivity index (χ1) is 14.1. The third-order valence-electron chi connectivity index (χ3n) is 3.58. The molecule has 0 aliphatic rings. The lowest BCUT2D eigenvalue weighted by Crippen LogP contribution is -2.55. The molecule has 10 heteroatoms. The number of benzene rings is 2. The second-order valence-corrected chi connectivity index (χ2v) is 8.86. The summed E-state index contributed by atoms with van der Waals surface area (Å²) in [6.45, 7) is 1.42. The molecule has 6 nitrogen and oxygen atoms in total. The average molecular weight is 486 g/mol. The molecule has 2 rings (SSSR count). The number of hydrogen-bond acceptors (Lipinski definition) is 3. The van der Waals surface area contributed by atoms with Crippen LogP contribution < -0.4 is 21.3 Å². The van der Waals surface area contributed by atoms with Crippen molar-refractivity contribution in [2.75, 3.05) is 10.6 Å². The Labute approximate surface area is 195 Å². The lowest BCUT2D eigenvalue weighted by molar-refractivity contribution is -0.117. The topological polar surface area (TPSA) is 82.3 Å². The number of rotatable bonds is 6. The van der Waals surface area contributed by atoms with Gasteiger partial charge in [-0.1, -0.05) is 65.1 Å². The summed E-state index contributed by atoms with van der Waals surface area (Å²) in [6.07, 6.45) is 1.88. The van der Waals surface area contributed by atoms with Crippen molar-refractivity contribution < 1.29 is 9.59 Å². The van der Waals surface area contributed by atoms with Gasteiger partial charge in [0.05, 0.1) is 0 Å². The van der Waals surface area contributed by atoms with E-state index >= 15 is 0 Å². The Balaban J connectivity index is 1.96. The maximum absolute atomic E-state index is 12.2. The van der Waals surface area contributed by atoms with Crippen LogP contribution in [0.3, 0.4) is 0 Å². The van der Waals surface area contributed by atoms with E-state index in [1.165, 1.54) is 13.0 Å². The monoisotopic (exact) mass is 484 g/mol. The van der Waals surface area contributed by atoms with E-state index in [-0.39, 0.29) is 11.0 Å². The Hall–Kier alpha value is -2.32. The van der Waals surface area contributed by atoms with Crippen molar-refractivity contribution in [3.05, 3.63) is 66.2 Å². The molecule has 30 heavy (non-hydrogen) atoms. The smallest absolute Gasteiger partial charge is 0.245 e. The van der Waals surface area contributed by atoms with Gasteiger partial charge in [0.15, 0.2) is 5.11 Å². The number of hydrogen-bond donors (Lipinski definition) is 4. The first kappa shape index (κ1) is 24.0. The Bertz CT molecular complexity index is 916. The van der Waals surface area contributed by atoms with Crippen molar-refractivity contribution in [2.24, 2.45) is 0 Å². The summed E-state index contributed by atoms with van der Waals surface area (Å²) in [5.41, 5.74) is 2.13. The molecular weight excluding hydrogens is 467 g/mol. The minimum absolute atomic E-state index is 0.131. The molecule has 2 amide bonds. The molecule has 0 aliphatic carbocycles. The van der Waals surface area contributed by atoms with Gasteiger partial charge in [0, 0.05) is 24.4 Å². The molecule has 0 saturated carbocycles. The van der Waals surface area contributed by atoms with E-state index in [0.717, 1.165) is 5.56 Å². The Kier molecular flexibility index (Phi) is 8.92. The van der Waals surface area contributed by atoms with Gasteiger partial charge in [0.1, 0.15) is 6.17 Å². The van der Waals surface area contributed by atoms with Gasteiger partial charge in [-0.05, 0) is 48.1 Å². The van der Waals surface area contributed by atoms with Crippen molar-refractivity contribution in [1.29, 1.82) is 0 Å². The molecule has 0 fully saturated rings. The molecule has 0 heterocycles. The molecule has 0 spiro atoms. The van der Waals surface area contributed by atoms with Crippen molar-refractivity contribution >= 4 is 81.4 Å². The van der Waals surface area contributed by atoms with Crippen LogP contribution in [0.2, 0.25) is 0 Å². The van der Waals surface area contributed by atoms with Crippen molar-refractivity contribution in [2.45, 2.75) is 16.9 Å². The molecule has 4 N–H and O–H groups in total. The highest BCUT2D eigenvalue weighted by molar-refractivity contribution is 7.80. The van der Waals surface area contributed by atoms with Gasteiger partial charge in [-0.2, -0.15) is 0 Å². The van der Waals surface area contributed by atoms with Crippen LogP contribution in [-0.2, 0) is 9.59 Å². The predicted octanol–water partition coefficient (Wildman–Crippen LogP) is 4.46. The fourth-order valence-electron chi connectivity index (χ4n) is 2.26. The number of carbonyl (C=O) groups excluding carboxylic acids is 2. The van der Waals surface area contributed by atoms with Crippen LogP contribution in [0.1, 0.15) is 12.5 Å². The van der Waals surface area contributed by atoms with Gasteiger partial charge in [-0.3, -0.25) is 9.59 Å². The molecule has 0 aliphatic heterocycles. The summed E-state index contributed by atoms with van der Waals surface area (Å²) < 4.78 is -1.86. The van der Waals surface area contributed by atoms with Crippen LogP contribution in [0.4, 0.5) is 11.4 Å². The Morgan fingerprint density at radius 1 is 0.933 bits per heavy atom. The summed E-state index contributed by atoms with van der Waals surface area (Å²) >= 11 is 23.2. The van der Waals surface area contributed by atoms with E-state index in [9.17, 15) is 9.59 Å². The van der Waals surface area contributed by atoms with Crippen LogP contribution in [0, 0.1) is 0 Å². The maximum Gasteiger partial charge on any atom is 0.245 e. The normalized spacial score (nSPS) is 12.1. The first-order valence-electron chi connectivity index (χ1n) is 8.69. The number of nitrogens with one attached hydrogen (secondary N) is 4. The van der Waals surface area contributed by atoms with Gasteiger partial charge in [-0.25, -0.2) is 0 Å². The molecule has 1 atom stereocenters. The summed E-state index contributed by atoms with van der Waals surface area (Å²) in [5.74, 6) is -0.638. The highest BCUT2D eigenvalue weighted by atomic mass is 35.6. The number of amides is 2. The van der Waals surface area contributed by atoms with Crippen LogP contribution in [-0.4, -0.2) is 26.9 Å². The van der Waals surface area contributed by atoms with Gasteiger partial charge >= 0.3 is 0 Å². The SMILES string of the molecule is CC(=O)Nc1ccc(NC(=S)NC(NC(=O)C=Cc2ccccc2)C(Cl)(Cl)Cl)cc1. The molecule has 1 unspecified atom stereocenters. The molecule has 158 valence electrons. The third kappa shape index (κ3) is 8.59. The Morgan fingerprint density at radius 2 is 1.50 bits per heavy atom. The number of carbonyl (C=O) groups is 2. The predicted molar refractivity (Wildman–Crippen MR) is 128 cm³/mol. The number of alkyl halides is 3. The molecule has 2 aromatic rings. The second kappa shape index (κ2) is 11.2. The second-order valence-electron chi connectivity index (χ2n) is 6.08. The molecule has 0 bridgehead atoms. The van der Waals surface area contributed by atoms with Gasteiger partial charge < -0.3 is 21.3 Å². The highest BCUT2D eigenvalue weighted by Crippen LogP contribution is 2.29. The van der Waals surface area contributed by atoms with E-state index in [1.54, 1.807) is 30.3 Å². The molecule has 0 aromatic heterocycles. The zero-order valence-electron chi connectivity index (χ0n) is 15.8. The molecule has 0 saturated heterocycles. The van der Waals surface area contributed by atoms with E-state index in [0.29, 0.717) is 11.4 Å². The molecule has 2 aromatic carbocycles. The molecule has 0 radical (unpaired) electrons. The summed E-state index contributed by atoms with van der Waals surface area (Å²) in [7, 11) is 0. The van der Waals surface area contributed by atoms with E-state index < -0.39 is 15.9 Å². The average Bonchev–Trinajstić information content (AvgIpc) is 2.67. The lowest BCUT2D eigenvalue weighted by atomic mass is 10.2. The van der Waals surface area contributed by atoms with Crippen molar-refractivity contribution in [3.63, 3.8) is 0 Å². The number of anilines is 2. The fourth-order valence-corrected chi connectivity index (χ4v) is 2.83. The van der Waals surface area contributed by atoms with E-state index in [4.69, 9.17) is 47.0 Å². The quantitative estimate of drug-likeness (QED) is 0.210. The van der Waals surface area contributed by atoms with Crippen molar-refractivity contribution in [1.82, 2.24) is 10.6 Å². The lowest BCUT2D eigenvalue weighted by Gasteiger charge is -2.27. The van der Waals surface area contributed by atoms with Gasteiger partial charge in [0.25, 0.3) is 0 Å². The fraction of sp³-hybridized carbons (Fsp3) is 0.150. The number of thiocarbonyl (C=S) groups is 1. The van der Waals surface area contributed by atoms with Gasteiger partial charge in [0.2, 0.25) is 15.6 Å². The van der Waals surface area contributed by atoms with Crippen LogP contribution in [0.15, 0.2) is 60.7 Å². The van der Waals surface area contributed by atoms with E-state index in [2.05, 4.69) is 21.3 Å². The minimum atomic E-state index is -1.86. The Morgan fingerprint density at radius 3 is 2.03 bits per heavy atom. The zero-order chi connectivity index (χ0) is 22.1.